The van der Waals surface area contributed by atoms with Crippen molar-refractivity contribution in [3.63, 3.8) is 0 Å². The summed E-state index contributed by atoms with van der Waals surface area (Å²) in [5.74, 6) is 0. The van der Waals surface area contributed by atoms with Crippen LogP contribution < -0.4 is 4.90 Å². The highest BCUT2D eigenvalue weighted by molar-refractivity contribution is 9.10. The van der Waals surface area contributed by atoms with E-state index in [1.54, 1.807) is 0 Å². The van der Waals surface area contributed by atoms with Crippen molar-refractivity contribution in [2.75, 3.05) is 17.9 Å². The fourth-order valence-electron chi connectivity index (χ4n) is 0.773. The summed E-state index contributed by atoms with van der Waals surface area (Å²) in [4.78, 5) is 0.206. The van der Waals surface area contributed by atoms with Gasteiger partial charge in [0.25, 0.3) is 0 Å². The maximum atomic E-state index is 7.92. The van der Waals surface area contributed by atoms with Gasteiger partial charge >= 0.3 is 0 Å². The summed E-state index contributed by atoms with van der Waals surface area (Å²) in [5.41, 5.74) is 0. The molecule has 0 spiro atoms. The van der Waals surface area contributed by atoms with Crippen LogP contribution in [0.3, 0.4) is 0 Å². The Labute approximate surface area is 101 Å². The zero-order chi connectivity index (χ0) is 18.2. The largest absolute Gasteiger partial charge is 0.363 e. The molecule has 1 saturated heterocycles. The van der Waals surface area contributed by atoms with E-state index in [-0.39, 0.29) is 14.4 Å². The van der Waals surface area contributed by atoms with Gasteiger partial charge in [0.15, 0.2) is 0 Å². The average molecular weight is 257 g/mol. The maximum absolute atomic E-state index is 7.92. The Hall–Kier alpha value is -0.0200. The predicted molar refractivity (Wildman–Crippen MR) is 58.2 cm³/mol. The Kier molecular flexibility index (Phi) is 0.708. The average Bonchev–Trinajstić information content (AvgIpc) is 2.71. The summed E-state index contributed by atoms with van der Waals surface area (Å²) in [6.45, 7) is -8.55. The van der Waals surface area contributed by atoms with Gasteiger partial charge in [0, 0.05) is 37.4 Å². The molecule has 0 atom stereocenters. The van der Waals surface area contributed by atoms with Gasteiger partial charge in [0.1, 0.15) is 0 Å². The van der Waals surface area contributed by atoms with Crippen molar-refractivity contribution in [1.29, 1.82) is 0 Å². The smallest absolute Gasteiger partial charge is 0.0922 e. The number of hydrogen-bond donors (Lipinski definition) is 0. The summed E-state index contributed by atoms with van der Waals surface area (Å²) in [6.07, 6.45) is -6.31. The van der Waals surface area contributed by atoms with E-state index in [1.165, 1.54) is 6.07 Å². The number of rotatable bonds is 1. The Morgan fingerprint density at radius 2 is 2.42 bits per heavy atom. The van der Waals surface area contributed by atoms with Crippen LogP contribution in [0.25, 0.3) is 0 Å². The van der Waals surface area contributed by atoms with Crippen molar-refractivity contribution in [2.45, 2.75) is 19.6 Å². The van der Waals surface area contributed by atoms with Crippen LogP contribution >= 0.6 is 27.3 Å². The predicted octanol–water partition coefficient (Wildman–Crippen LogP) is 3.42. The van der Waals surface area contributed by atoms with Crippen LogP contribution in [-0.4, -0.2) is 13.0 Å². The first-order valence-electron chi connectivity index (χ1n) is 8.60. The molecule has 1 aliphatic heterocycles. The van der Waals surface area contributed by atoms with Crippen LogP contribution in [0, 0.1) is 6.85 Å². The second-order valence-corrected chi connectivity index (χ2v) is 3.96. The van der Waals surface area contributed by atoms with Crippen LogP contribution in [0.15, 0.2) is 10.5 Å². The van der Waals surface area contributed by atoms with E-state index in [0.717, 1.165) is 0 Å². The molecule has 1 aromatic rings. The van der Waals surface area contributed by atoms with E-state index in [1.807, 2.05) is 0 Å². The molecule has 1 aromatic heterocycles. The first-order valence-corrected chi connectivity index (χ1v) is 4.70. The first-order chi connectivity index (χ1) is 9.99. The zero-order valence-electron chi connectivity index (χ0n) is 16.8. The van der Waals surface area contributed by atoms with Gasteiger partial charge in [-0.25, -0.2) is 0 Å². The summed E-state index contributed by atoms with van der Waals surface area (Å²) in [6, 6.07) is 1.17. The molecule has 2 rings (SSSR count). The standard InChI is InChI=1S/C9H12BrNS/c1-7-8(10)6-9(12-7)11-4-2-3-5-11/h6H,2-5H2,1H3/i1D3,2D2,3D2,4D2,5D2. The Balaban J connectivity index is 2.68. The highest BCUT2D eigenvalue weighted by Crippen LogP contribution is 2.34. The minimum Gasteiger partial charge on any atom is -0.363 e. The van der Waals surface area contributed by atoms with Crippen molar-refractivity contribution < 1.29 is 15.1 Å². The quantitative estimate of drug-likeness (QED) is 0.745. The third-order valence-electron chi connectivity index (χ3n) is 1.29. The molecule has 2 heterocycles. The third-order valence-corrected chi connectivity index (χ3v) is 3.11. The molecule has 1 fully saturated rings. The SMILES string of the molecule is [2H]C([2H])([2H])c1sc(N2C([2H])([2H])C([2H])([2H])C([2H])([2H])C2([2H])[2H])cc1Br. The second-order valence-electron chi connectivity index (χ2n) is 2.07. The van der Waals surface area contributed by atoms with E-state index in [2.05, 4.69) is 15.9 Å². The van der Waals surface area contributed by atoms with E-state index in [0.29, 0.717) is 16.2 Å². The van der Waals surface area contributed by atoms with Gasteiger partial charge in [-0.2, -0.15) is 0 Å². The van der Waals surface area contributed by atoms with Crippen LogP contribution in [-0.2, 0) is 0 Å². The highest BCUT2D eigenvalue weighted by Gasteiger charge is 2.14. The Bertz CT molecular complexity index is 608. The molecule has 0 radical (unpaired) electrons. The normalized spacial score (nSPS) is 48.8. The first kappa shape index (κ1) is 2.51. The van der Waals surface area contributed by atoms with Crippen molar-refractivity contribution in [2.24, 2.45) is 0 Å². The maximum Gasteiger partial charge on any atom is 0.0922 e. The fraction of sp³-hybridized carbons (Fsp3) is 0.556. The molecule has 0 bridgehead atoms. The number of thiophene rings is 1. The highest BCUT2D eigenvalue weighted by atomic mass is 79.9. The minimum absolute atomic E-state index is 0.108. The lowest BCUT2D eigenvalue weighted by Crippen LogP contribution is -2.15. The van der Waals surface area contributed by atoms with Crippen LogP contribution in [0.1, 0.15) is 32.7 Å². The van der Waals surface area contributed by atoms with Gasteiger partial charge in [-0.05, 0) is 41.6 Å². The van der Waals surface area contributed by atoms with Gasteiger partial charge in [0.05, 0.1) is 5.00 Å². The Morgan fingerprint density at radius 1 is 1.67 bits per heavy atom. The zero-order valence-corrected chi connectivity index (χ0v) is 8.21. The number of anilines is 1. The molecule has 0 saturated carbocycles. The van der Waals surface area contributed by atoms with Crippen molar-refractivity contribution in [1.82, 2.24) is 0 Å². The van der Waals surface area contributed by atoms with Gasteiger partial charge in [-0.1, -0.05) is 0 Å². The molecule has 0 N–H and O–H groups in total. The Morgan fingerprint density at radius 3 is 3.00 bits per heavy atom. The molecule has 3 heteroatoms. The molecule has 1 aliphatic rings. The minimum atomic E-state index is -3.15. The fourth-order valence-corrected chi connectivity index (χ4v) is 2.11. The molecule has 0 unspecified atom stereocenters. The van der Waals surface area contributed by atoms with Crippen LogP contribution in [0.4, 0.5) is 5.00 Å². The van der Waals surface area contributed by atoms with Crippen LogP contribution in [0.2, 0.25) is 0 Å². The lowest BCUT2D eigenvalue weighted by molar-refractivity contribution is 0.949. The van der Waals surface area contributed by atoms with E-state index in [4.69, 9.17) is 15.1 Å². The lowest BCUT2D eigenvalue weighted by atomic mass is 10.4. The lowest BCUT2D eigenvalue weighted by Gasteiger charge is -2.13. The molecule has 0 aromatic carbocycles. The van der Waals surface area contributed by atoms with Crippen LogP contribution in [0.5, 0.6) is 0 Å². The van der Waals surface area contributed by atoms with Crippen molar-refractivity contribution >= 4 is 32.3 Å². The summed E-state index contributed by atoms with van der Waals surface area (Å²) >= 11 is 3.60. The van der Waals surface area contributed by atoms with E-state index in [9.17, 15) is 0 Å². The van der Waals surface area contributed by atoms with E-state index < -0.39 is 32.6 Å². The van der Waals surface area contributed by atoms with Gasteiger partial charge in [-0.3, -0.25) is 0 Å². The monoisotopic (exact) mass is 256 g/mol. The van der Waals surface area contributed by atoms with Gasteiger partial charge < -0.3 is 4.90 Å². The molecular formula is C9H12BrNS. The second kappa shape index (κ2) is 3.38. The van der Waals surface area contributed by atoms with Crippen molar-refractivity contribution in [3.8, 4) is 0 Å². The van der Waals surface area contributed by atoms with Gasteiger partial charge in [-0.15, -0.1) is 11.3 Å². The topological polar surface area (TPSA) is 3.24 Å². The molecular weight excluding hydrogens is 234 g/mol. The van der Waals surface area contributed by atoms with E-state index >= 15 is 0 Å². The number of halogens is 1. The number of nitrogens with zero attached hydrogens (tertiary/aromatic N) is 1. The summed E-state index contributed by atoms with van der Waals surface area (Å²) in [5, 5.41) is -0.205. The molecule has 1 nitrogen and oxygen atoms in total. The molecule has 0 aliphatic carbocycles. The molecule has 0 amide bonds. The number of aryl methyl sites for hydroxylation is 1. The molecule has 12 heavy (non-hydrogen) atoms. The summed E-state index contributed by atoms with van der Waals surface area (Å²) < 4.78 is 84.9. The third kappa shape index (κ3) is 1.52. The molecule has 66 valence electrons. The summed E-state index contributed by atoms with van der Waals surface area (Å²) in [7, 11) is 0. The van der Waals surface area contributed by atoms with Crippen molar-refractivity contribution in [3.05, 3.63) is 15.4 Å². The number of hydrogen-bond acceptors (Lipinski definition) is 2. The van der Waals surface area contributed by atoms with Gasteiger partial charge in [0.2, 0.25) is 0 Å².